The second kappa shape index (κ2) is 8.59. The molecule has 3 heterocycles. The zero-order chi connectivity index (χ0) is 19.3. The molecule has 2 aliphatic heterocycles. The normalized spacial score (nSPS) is 18.9. The highest BCUT2D eigenvalue weighted by Crippen LogP contribution is 2.26. The monoisotopic (exact) mass is 379 g/mol. The molecule has 6 nitrogen and oxygen atoms in total. The van der Waals surface area contributed by atoms with Crippen molar-refractivity contribution in [3.63, 3.8) is 0 Å². The van der Waals surface area contributed by atoms with E-state index < -0.39 is 0 Å². The van der Waals surface area contributed by atoms with E-state index in [9.17, 15) is 4.79 Å². The predicted molar refractivity (Wildman–Crippen MR) is 106 cm³/mol. The van der Waals surface area contributed by atoms with Crippen LogP contribution in [0, 0.1) is 17.2 Å². The highest BCUT2D eigenvalue weighted by atomic mass is 16.7. The molecular formula is C22H25N3O3. The third-order valence-electron chi connectivity index (χ3n) is 5.57. The molecule has 0 spiro atoms. The van der Waals surface area contributed by atoms with Gasteiger partial charge in [0, 0.05) is 54.3 Å². The Morgan fingerprint density at radius 3 is 2.71 bits per heavy atom. The summed E-state index contributed by atoms with van der Waals surface area (Å²) in [4.78, 5) is 14.5. The summed E-state index contributed by atoms with van der Waals surface area (Å²) in [5.74, 6) is 0.425. The van der Waals surface area contributed by atoms with Gasteiger partial charge < -0.3 is 18.9 Å². The zero-order valence-electron chi connectivity index (χ0n) is 15.9. The fraction of sp³-hybridized carbons (Fsp3) is 0.455. The van der Waals surface area contributed by atoms with Crippen LogP contribution in [-0.4, -0.2) is 48.0 Å². The molecule has 0 aliphatic carbocycles. The van der Waals surface area contributed by atoms with Crippen LogP contribution in [0.4, 0.5) is 0 Å². The van der Waals surface area contributed by atoms with Crippen LogP contribution in [0.1, 0.15) is 24.8 Å². The van der Waals surface area contributed by atoms with Crippen LogP contribution in [0.25, 0.3) is 17.0 Å². The Labute approximate surface area is 164 Å². The van der Waals surface area contributed by atoms with E-state index in [0.29, 0.717) is 32.1 Å². The first kappa shape index (κ1) is 18.7. The van der Waals surface area contributed by atoms with Gasteiger partial charge in [-0.05, 0) is 25.0 Å². The number of hydrogen-bond donors (Lipinski definition) is 0. The Kier molecular flexibility index (Phi) is 5.75. The van der Waals surface area contributed by atoms with Gasteiger partial charge in [0.2, 0.25) is 5.91 Å². The van der Waals surface area contributed by atoms with E-state index in [2.05, 4.69) is 16.7 Å². The Balaban J connectivity index is 1.41. The number of fused-ring (bicyclic) bond motifs is 1. The van der Waals surface area contributed by atoms with Crippen LogP contribution in [0.3, 0.4) is 0 Å². The molecule has 0 saturated carbocycles. The molecule has 28 heavy (non-hydrogen) atoms. The summed E-state index contributed by atoms with van der Waals surface area (Å²) in [6.45, 7) is 3.47. The largest absolute Gasteiger partial charge is 0.350 e. The molecule has 1 aromatic carbocycles. The molecule has 1 aromatic heterocycles. The van der Waals surface area contributed by atoms with Crippen molar-refractivity contribution in [1.29, 1.82) is 5.26 Å². The first-order chi connectivity index (χ1) is 13.8. The molecule has 6 heteroatoms. The van der Waals surface area contributed by atoms with E-state index in [1.165, 1.54) is 0 Å². The molecule has 0 N–H and O–H groups in total. The lowest BCUT2D eigenvalue weighted by molar-refractivity contribution is -0.131. The van der Waals surface area contributed by atoms with Crippen molar-refractivity contribution in [2.24, 2.45) is 5.92 Å². The molecular weight excluding hydrogens is 354 g/mol. The SMILES string of the molecule is N#CCCn1cc(/C=C/C(=O)N2CCC(C3OCCO3)CC2)c2ccccc21. The van der Waals surface area contributed by atoms with Crippen LogP contribution in [-0.2, 0) is 20.8 Å². The molecule has 4 rings (SSSR count). The number of para-hydroxylation sites is 1. The van der Waals surface area contributed by atoms with Crippen LogP contribution >= 0.6 is 0 Å². The molecule has 2 fully saturated rings. The van der Waals surface area contributed by atoms with Crippen LogP contribution in [0.2, 0.25) is 0 Å². The highest BCUT2D eigenvalue weighted by Gasteiger charge is 2.31. The lowest BCUT2D eigenvalue weighted by Gasteiger charge is -2.33. The van der Waals surface area contributed by atoms with Crippen molar-refractivity contribution in [3.05, 3.63) is 42.1 Å². The van der Waals surface area contributed by atoms with E-state index >= 15 is 0 Å². The Bertz CT molecular complexity index is 897. The maximum Gasteiger partial charge on any atom is 0.246 e. The van der Waals surface area contributed by atoms with Crippen LogP contribution in [0.15, 0.2) is 36.5 Å². The molecule has 0 atom stereocenters. The minimum atomic E-state index is -0.0904. The number of carbonyl (C=O) groups is 1. The maximum atomic E-state index is 12.6. The van der Waals surface area contributed by atoms with Gasteiger partial charge in [-0.25, -0.2) is 0 Å². The van der Waals surface area contributed by atoms with Crippen molar-refractivity contribution in [2.45, 2.75) is 32.1 Å². The highest BCUT2D eigenvalue weighted by molar-refractivity contribution is 5.96. The van der Waals surface area contributed by atoms with Gasteiger partial charge in [-0.15, -0.1) is 0 Å². The summed E-state index contributed by atoms with van der Waals surface area (Å²) < 4.78 is 13.3. The first-order valence-electron chi connectivity index (χ1n) is 9.91. The molecule has 1 amide bonds. The van der Waals surface area contributed by atoms with Crippen molar-refractivity contribution in [2.75, 3.05) is 26.3 Å². The summed E-state index contributed by atoms with van der Waals surface area (Å²) in [5, 5.41) is 9.97. The number of carbonyl (C=O) groups excluding carboxylic acids is 1. The first-order valence-corrected chi connectivity index (χ1v) is 9.91. The van der Waals surface area contributed by atoms with Gasteiger partial charge >= 0.3 is 0 Å². The minimum absolute atomic E-state index is 0.0422. The number of rotatable bonds is 5. The van der Waals surface area contributed by atoms with Gasteiger partial charge in [0.25, 0.3) is 0 Å². The average molecular weight is 379 g/mol. The van der Waals surface area contributed by atoms with Crippen LogP contribution in [0.5, 0.6) is 0 Å². The number of nitrogens with zero attached hydrogens (tertiary/aromatic N) is 3. The van der Waals surface area contributed by atoms with Gasteiger partial charge in [-0.2, -0.15) is 5.26 Å². The fourth-order valence-corrected chi connectivity index (χ4v) is 4.07. The number of hydrogen-bond acceptors (Lipinski definition) is 4. The molecule has 2 aliphatic rings. The molecule has 0 unspecified atom stereocenters. The van der Waals surface area contributed by atoms with E-state index in [1.807, 2.05) is 35.4 Å². The van der Waals surface area contributed by atoms with Crippen molar-refractivity contribution in [1.82, 2.24) is 9.47 Å². The van der Waals surface area contributed by atoms with Gasteiger partial charge in [0.1, 0.15) is 0 Å². The van der Waals surface area contributed by atoms with E-state index in [-0.39, 0.29) is 12.2 Å². The summed E-state index contributed by atoms with van der Waals surface area (Å²) >= 11 is 0. The number of ether oxygens (including phenoxy) is 2. The van der Waals surface area contributed by atoms with E-state index in [0.717, 1.165) is 42.4 Å². The molecule has 2 saturated heterocycles. The summed E-state index contributed by atoms with van der Waals surface area (Å²) in [6.07, 6.45) is 7.78. The lowest BCUT2D eigenvalue weighted by atomic mass is 9.96. The Morgan fingerprint density at radius 2 is 1.96 bits per heavy atom. The number of likely N-dealkylation sites (tertiary alicyclic amines) is 1. The van der Waals surface area contributed by atoms with Gasteiger partial charge in [-0.1, -0.05) is 18.2 Å². The van der Waals surface area contributed by atoms with Gasteiger partial charge in [-0.3, -0.25) is 4.79 Å². The standard InChI is InChI=1S/C22H25N3O3/c23-10-3-11-25-16-18(19-4-1-2-5-20(19)25)6-7-21(26)24-12-8-17(9-13-24)22-27-14-15-28-22/h1-2,4-7,16-17,22H,3,8-9,11-15H2/b7-6+. The molecule has 146 valence electrons. The number of amides is 1. The molecule has 0 radical (unpaired) electrons. The van der Waals surface area contributed by atoms with Crippen molar-refractivity contribution in [3.8, 4) is 6.07 Å². The minimum Gasteiger partial charge on any atom is -0.350 e. The predicted octanol–water partition coefficient (Wildman–Crippen LogP) is 3.18. The lowest BCUT2D eigenvalue weighted by Crippen LogP contribution is -2.40. The summed E-state index contributed by atoms with van der Waals surface area (Å²) in [5.41, 5.74) is 2.09. The molecule has 2 aromatic rings. The number of benzene rings is 1. The van der Waals surface area contributed by atoms with Gasteiger partial charge in [0.05, 0.1) is 25.7 Å². The smallest absolute Gasteiger partial charge is 0.246 e. The number of nitriles is 1. The third kappa shape index (κ3) is 3.96. The van der Waals surface area contributed by atoms with Gasteiger partial charge in [0.15, 0.2) is 6.29 Å². The maximum absolute atomic E-state index is 12.6. The van der Waals surface area contributed by atoms with E-state index in [1.54, 1.807) is 6.08 Å². The fourth-order valence-electron chi connectivity index (χ4n) is 4.07. The van der Waals surface area contributed by atoms with Crippen molar-refractivity contribution >= 4 is 22.9 Å². The summed E-state index contributed by atoms with van der Waals surface area (Å²) in [7, 11) is 0. The van der Waals surface area contributed by atoms with Crippen molar-refractivity contribution < 1.29 is 14.3 Å². The third-order valence-corrected chi connectivity index (χ3v) is 5.57. The van der Waals surface area contributed by atoms with Crippen LogP contribution < -0.4 is 0 Å². The Morgan fingerprint density at radius 1 is 1.21 bits per heavy atom. The summed E-state index contributed by atoms with van der Waals surface area (Å²) in [6, 6.07) is 10.3. The quantitative estimate of drug-likeness (QED) is 0.749. The second-order valence-electron chi connectivity index (χ2n) is 7.31. The molecule has 0 bridgehead atoms. The zero-order valence-corrected chi connectivity index (χ0v) is 15.9. The number of aromatic nitrogens is 1. The second-order valence-corrected chi connectivity index (χ2v) is 7.31. The number of aryl methyl sites for hydroxylation is 1. The van der Waals surface area contributed by atoms with E-state index in [4.69, 9.17) is 14.7 Å². The number of piperidine rings is 1. The Hall–Kier alpha value is -2.62. The topological polar surface area (TPSA) is 67.5 Å². The average Bonchev–Trinajstić information content (AvgIpc) is 3.39.